The molecular formula is C14H24N2O2. The van der Waals surface area contributed by atoms with E-state index in [1.54, 1.807) is 6.07 Å². The van der Waals surface area contributed by atoms with Gasteiger partial charge in [-0.1, -0.05) is 26.0 Å². The Hall–Kier alpha value is -1.26. The van der Waals surface area contributed by atoms with Crippen molar-refractivity contribution in [3.8, 4) is 11.5 Å². The molecule has 1 aromatic carbocycles. The van der Waals surface area contributed by atoms with Crippen LogP contribution in [-0.4, -0.2) is 40.8 Å². The van der Waals surface area contributed by atoms with Gasteiger partial charge in [-0.3, -0.25) is 0 Å². The summed E-state index contributed by atoms with van der Waals surface area (Å²) in [5, 5.41) is 22.4. The summed E-state index contributed by atoms with van der Waals surface area (Å²) in [7, 11) is 0. The van der Waals surface area contributed by atoms with Gasteiger partial charge in [0, 0.05) is 24.7 Å². The van der Waals surface area contributed by atoms with Crippen LogP contribution in [0.25, 0.3) is 0 Å². The van der Waals surface area contributed by atoms with Crippen molar-refractivity contribution in [3.63, 3.8) is 0 Å². The Balaban J connectivity index is 2.47. The molecule has 4 nitrogen and oxygen atoms in total. The maximum atomic E-state index is 9.68. The fourth-order valence-corrected chi connectivity index (χ4v) is 1.94. The van der Waals surface area contributed by atoms with E-state index in [4.69, 9.17) is 0 Å². The van der Waals surface area contributed by atoms with Gasteiger partial charge in [-0.2, -0.15) is 0 Å². The van der Waals surface area contributed by atoms with Crippen molar-refractivity contribution < 1.29 is 10.2 Å². The predicted molar refractivity (Wildman–Crippen MR) is 73.9 cm³/mol. The van der Waals surface area contributed by atoms with Crippen LogP contribution >= 0.6 is 0 Å². The number of rotatable bonds is 7. The molecule has 1 aromatic rings. The number of likely N-dealkylation sites (N-methyl/N-ethyl adjacent to an activating group) is 1. The number of benzene rings is 1. The summed E-state index contributed by atoms with van der Waals surface area (Å²) in [6, 6.07) is 5.37. The van der Waals surface area contributed by atoms with E-state index in [0.717, 1.165) is 25.2 Å². The number of hydrogen-bond donors (Lipinski definition) is 3. The Labute approximate surface area is 109 Å². The number of phenols is 2. The van der Waals surface area contributed by atoms with Crippen LogP contribution in [-0.2, 0) is 6.54 Å². The average Bonchev–Trinajstić information content (AvgIpc) is 2.37. The van der Waals surface area contributed by atoms with E-state index in [1.165, 1.54) is 6.07 Å². The lowest BCUT2D eigenvalue weighted by atomic mass is 10.1. The molecule has 0 bridgehead atoms. The highest BCUT2D eigenvalue weighted by Crippen LogP contribution is 2.27. The molecule has 0 saturated heterocycles. The highest BCUT2D eigenvalue weighted by molar-refractivity contribution is 5.44. The van der Waals surface area contributed by atoms with Crippen molar-refractivity contribution in [3.05, 3.63) is 23.8 Å². The zero-order valence-corrected chi connectivity index (χ0v) is 11.5. The second-order valence-electron chi connectivity index (χ2n) is 4.55. The first kappa shape index (κ1) is 14.8. The molecular weight excluding hydrogens is 228 g/mol. The van der Waals surface area contributed by atoms with E-state index in [1.807, 2.05) is 6.07 Å². The van der Waals surface area contributed by atoms with Gasteiger partial charge in [-0.05, 0) is 26.1 Å². The van der Waals surface area contributed by atoms with E-state index in [-0.39, 0.29) is 11.5 Å². The third-order valence-electron chi connectivity index (χ3n) is 3.17. The summed E-state index contributed by atoms with van der Waals surface area (Å²) in [6.45, 7) is 10.0. The molecule has 0 aliphatic heterocycles. The monoisotopic (exact) mass is 252 g/mol. The van der Waals surface area contributed by atoms with Gasteiger partial charge in [0.1, 0.15) is 0 Å². The van der Waals surface area contributed by atoms with E-state index < -0.39 is 0 Å². The molecule has 4 heteroatoms. The molecule has 0 radical (unpaired) electrons. The SMILES string of the molecule is CCN(CC)CC(C)NCc1cccc(O)c1O. The minimum absolute atomic E-state index is 0.0277. The highest BCUT2D eigenvalue weighted by atomic mass is 16.3. The molecule has 1 unspecified atom stereocenters. The van der Waals surface area contributed by atoms with E-state index in [0.29, 0.717) is 12.6 Å². The van der Waals surface area contributed by atoms with Gasteiger partial charge in [0.15, 0.2) is 11.5 Å². The van der Waals surface area contributed by atoms with Crippen molar-refractivity contribution in [1.82, 2.24) is 10.2 Å². The summed E-state index contributed by atoms with van der Waals surface area (Å²) in [5.41, 5.74) is 0.724. The molecule has 0 aliphatic rings. The van der Waals surface area contributed by atoms with Crippen LogP contribution in [0.2, 0.25) is 0 Å². The Morgan fingerprint density at radius 1 is 1.22 bits per heavy atom. The van der Waals surface area contributed by atoms with Gasteiger partial charge >= 0.3 is 0 Å². The first-order chi connectivity index (χ1) is 8.58. The number of nitrogens with one attached hydrogen (secondary N) is 1. The fourth-order valence-electron chi connectivity index (χ4n) is 1.94. The normalized spacial score (nSPS) is 12.9. The van der Waals surface area contributed by atoms with Gasteiger partial charge in [0.25, 0.3) is 0 Å². The molecule has 18 heavy (non-hydrogen) atoms. The van der Waals surface area contributed by atoms with Crippen molar-refractivity contribution >= 4 is 0 Å². The van der Waals surface area contributed by atoms with Crippen molar-refractivity contribution in [2.24, 2.45) is 0 Å². The van der Waals surface area contributed by atoms with Crippen LogP contribution in [0.3, 0.4) is 0 Å². The Bertz CT molecular complexity index is 365. The lowest BCUT2D eigenvalue weighted by Gasteiger charge is -2.23. The molecule has 0 fully saturated rings. The summed E-state index contributed by atoms with van der Waals surface area (Å²) in [6.07, 6.45) is 0. The second-order valence-corrected chi connectivity index (χ2v) is 4.55. The van der Waals surface area contributed by atoms with Crippen LogP contribution in [0.15, 0.2) is 18.2 Å². The number of aromatic hydroxyl groups is 2. The van der Waals surface area contributed by atoms with E-state index in [2.05, 4.69) is 31.0 Å². The van der Waals surface area contributed by atoms with Crippen LogP contribution < -0.4 is 5.32 Å². The second kappa shape index (κ2) is 7.24. The van der Waals surface area contributed by atoms with E-state index >= 15 is 0 Å². The molecule has 102 valence electrons. The Morgan fingerprint density at radius 3 is 2.50 bits per heavy atom. The molecule has 0 amide bonds. The molecule has 1 rings (SSSR count). The maximum Gasteiger partial charge on any atom is 0.161 e. The smallest absolute Gasteiger partial charge is 0.161 e. The predicted octanol–water partition coefficient (Wildman–Crippen LogP) is 1.92. The molecule has 0 saturated carbocycles. The van der Waals surface area contributed by atoms with Crippen LogP contribution in [0.5, 0.6) is 11.5 Å². The number of nitrogens with zero attached hydrogens (tertiary/aromatic N) is 1. The maximum absolute atomic E-state index is 9.68. The molecule has 0 aliphatic carbocycles. The Kier molecular flexibility index (Phi) is 5.95. The molecule has 3 N–H and O–H groups in total. The van der Waals surface area contributed by atoms with E-state index in [9.17, 15) is 10.2 Å². The zero-order chi connectivity index (χ0) is 13.5. The summed E-state index contributed by atoms with van der Waals surface area (Å²) >= 11 is 0. The largest absolute Gasteiger partial charge is 0.504 e. The summed E-state index contributed by atoms with van der Waals surface area (Å²) in [4.78, 5) is 2.35. The number of phenolic OH excluding ortho intramolecular Hbond substituents is 2. The first-order valence-corrected chi connectivity index (χ1v) is 6.54. The molecule has 0 spiro atoms. The number of para-hydroxylation sites is 1. The van der Waals surface area contributed by atoms with Crippen molar-refractivity contribution in [2.45, 2.75) is 33.4 Å². The first-order valence-electron chi connectivity index (χ1n) is 6.54. The van der Waals surface area contributed by atoms with Crippen molar-refractivity contribution in [1.29, 1.82) is 0 Å². The minimum Gasteiger partial charge on any atom is -0.504 e. The lowest BCUT2D eigenvalue weighted by molar-refractivity contribution is 0.270. The van der Waals surface area contributed by atoms with Gasteiger partial charge < -0.3 is 20.4 Å². The topological polar surface area (TPSA) is 55.7 Å². The Morgan fingerprint density at radius 2 is 1.89 bits per heavy atom. The third-order valence-corrected chi connectivity index (χ3v) is 3.17. The van der Waals surface area contributed by atoms with Gasteiger partial charge in [-0.25, -0.2) is 0 Å². The minimum atomic E-state index is -0.0642. The fraction of sp³-hybridized carbons (Fsp3) is 0.571. The van der Waals surface area contributed by atoms with Crippen LogP contribution in [0.1, 0.15) is 26.3 Å². The number of hydrogen-bond acceptors (Lipinski definition) is 4. The molecule has 0 heterocycles. The standard InChI is InChI=1S/C14H24N2O2/c1-4-16(5-2)10-11(3)15-9-12-7-6-8-13(17)14(12)18/h6-8,11,15,17-18H,4-5,9-10H2,1-3H3. The average molecular weight is 252 g/mol. The zero-order valence-electron chi connectivity index (χ0n) is 11.5. The van der Waals surface area contributed by atoms with Gasteiger partial charge in [-0.15, -0.1) is 0 Å². The lowest BCUT2D eigenvalue weighted by Crippen LogP contribution is -2.38. The van der Waals surface area contributed by atoms with Gasteiger partial charge in [0.05, 0.1) is 0 Å². The quantitative estimate of drug-likeness (QED) is 0.649. The summed E-state index contributed by atoms with van der Waals surface area (Å²) < 4.78 is 0. The van der Waals surface area contributed by atoms with Crippen LogP contribution in [0.4, 0.5) is 0 Å². The molecule has 0 aromatic heterocycles. The highest BCUT2D eigenvalue weighted by Gasteiger charge is 2.09. The summed E-state index contributed by atoms with van der Waals surface area (Å²) in [5.74, 6) is -0.0919. The van der Waals surface area contributed by atoms with Crippen molar-refractivity contribution in [2.75, 3.05) is 19.6 Å². The third kappa shape index (κ3) is 4.20. The molecule has 1 atom stereocenters. The van der Waals surface area contributed by atoms with Gasteiger partial charge in [0.2, 0.25) is 0 Å². The van der Waals surface area contributed by atoms with Crippen LogP contribution in [0, 0.1) is 0 Å².